The number of rotatable bonds is 5. The quantitative estimate of drug-likeness (QED) is 0.607. The smallest absolute Gasteiger partial charge is 0.243 e. The Labute approximate surface area is 167 Å². The number of hydrogen-bond donors (Lipinski definition) is 0. The molecule has 1 aliphatic heterocycles. The minimum absolute atomic E-state index is 0.341. The van der Waals surface area contributed by atoms with Gasteiger partial charge in [-0.3, -0.25) is 0 Å². The number of nitrogens with zero attached hydrogens (tertiary/aromatic N) is 2. The monoisotopic (exact) mass is 488 g/mol. The largest absolute Gasteiger partial charge is 0.497 e. The van der Waals surface area contributed by atoms with Crippen molar-refractivity contribution in [1.29, 1.82) is 0 Å². The summed E-state index contributed by atoms with van der Waals surface area (Å²) >= 11 is 2.16. The van der Waals surface area contributed by atoms with Gasteiger partial charge in [0, 0.05) is 35.8 Å². The first-order valence-electron chi connectivity index (χ1n) is 8.18. The fourth-order valence-electron chi connectivity index (χ4n) is 2.97. The third-order valence-electron chi connectivity index (χ3n) is 4.42. The average molecular weight is 488 g/mol. The number of anilines is 1. The molecule has 1 heterocycles. The first-order chi connectivity index (χ1) is 12.5. The number of methoxy groups -OCH3 is 2. The maximum Gasteiger partial charge on any atom is 0.243 e. The number of piperazine rings is 1. The van der Waals surface area contributed by atoms with Gasteiger partial charge in [-0.2, -0.15) is 4.31 Å². The lowest BCUT2D eigenvalue weighted by Gasteiger charge is -2.36. The van der Waals surface area contributed by atoms with Crippen molar-refractivity contribution in [2.45, 2.75) is 4.90 Å². The van der Waals surface area contributed by atoms with Crippen LogP contribution in [0.3, 0.4) is 0 Å². The normalized spacial score (nSPS) is 15.7. The molecule has 0 saturated carbocycles. The first-order valence-corrected chi connectivity index (χ1v) is 10.7. The van der Waals surface area contributed by atoms with Gasteiger partial charge in [0.25, 0.3) is 0 Å². The van der Waals surface area contributed by atoms with E-state index in [9.17, 15) is 8.42 Å². The number of sulfonamides is 1. The topological polar surface area (TPSA) is 59.1 Å². The van der Waals surface area contributed by atoms with Crippen LogP contribution < -0.4 is 14.4 Å². The van der Waals surface area contributed by atoms with E-state index in [1.54, 1.807) is 30.7 Å². The van der Waals surface area contributed by atoms with Crippen LogP contribution in [-0.4, -0.2) is 53.1 Å². The van der Waals surface area contributed by atoms with Crippen molar-refractivity contribution in [3.8, 4) is 11.5 Å². The van der Waals surface area contributed by atoms with Gasteiger partial charge in [-0.05, 0) is 59.0 Å². The van der Waals surface area contributed by atoms with Crippen molar-refractivity contribution >= 4 is 38.3 Å². The van der Waals surface area contributed by atoms with Gasteiger partial charge in [0.05, 0.1) is 24.8 Å². The maximum atomic E-state index is 12.8. The molecule has 1 aliphatic rings. The van der Waals surface area contributed by atoms with Crippen molar-refractivity contribution in [2.75, 3.05) is 45.3 Å². The van der Waals surface area contributed by atoms with Gasteiger partial charge in [-0.1, -0.05) is 0 Å². The summed E-state index contributed by atoms with van der Waals surface area (Å²) in [5.74, 6) is 1.45. The molecule has 0 N–H and O–H groups in total. The summed E-state index contributed by atoms with van der Waals surface area (Å²) in [6, 6.07) is 12.6. The molecule has 0 aromatic heterocycles. The van der Waals surface area contributed by atoms with Gasteiger partial charge in [0.15, 0.2) is 0 Å². The predicted octanol–water partition coefficient (Wildman–Crippen LogP) is 2.82. The van der Waals surface area contributed by atoms with Crippen molar-refractivity contribution in [1.82, 2.24) is 4.31 Å². The summed E-state index contributed by atoms with van der Waals surface area (Å²) < 4.78 is 38.9. The zero-order chi connectivity index (χ0) is 18.7. The van der Waals surface area contributed by atoms with Crippen molar-refractivity contribution in [3.63, 3.8) is 0 Å². The lowest BCUT2D eigenvalue weighted by molar-refractivity contribution is 0.375. The van der Waals surface area contributed by atoms with Crippen LogP contribution in [0.2, 0.25) is 0 Å². The Kier molecular flexibility index (Phi) is 5.93. The van der Waals surface area contributed by atoms with E-state index in [2.05, 4.69) is 27.5 Å². The molecule has 2 aromatic carbocycles. The Morgan fingerprint density at radius 3 is 2.15 bits per heavy atom. The molecule has 0 aliphatic carbocycles. The van der Waals surface area contributed by atoms with E-state index in [4.69, 9.17) is 9.47 Å². The van der Waals surface area contributed by atoms with Crippen molar-refractivity contribution in [3.05, 3.63) is 46.0 Å². The molecule has 26 heavy (non-hydrogen) atoms. The first kappa shape index (κ1) is 19.2. The summed E-state index contributed by atoms with van der Waals surface area (Å²) in [6.45, 7) is 2.07. The lowest BCUT2D eigenvalue weighted by atomic mass is 10.2. The van der Waals surface area contributed by atoms with Crippen LogP contribution in [0.4, 0.5) is 5.69 Å². The molecule has 140 valence electrons. The molecule has 0 radical (unpaired) electrons. The molecular formula is C18H21IN2O4S. The third-order valence-corrected chi connectivity index (χ3v) is 7.05. The fraction of sp³-hybridized carbons (Fsp3) is 0.333. The van der Waals surface area contributed by atoms with Gasteiger partial charge < -0.3 is 14.4 Å². The summed E-state index contributed by atoms with van der Waals surface area (Å²) in [7, 11) is -0.224. The van der Waals surface area contributed by atoms with Gasteiger partial charge in [-0.15, -0.1) is 0 Å². The van der Waals surface area contributed by atoms with Gasteiger partial charge in [-0.25, -0.2) is 8.42 Å². The standard InChI is InChI=1S/C18H21IN2O4S/c1-24-15-5-8-17(18(13-15)25-2)20-9-11-21(12-10-20)26(22,23)16-6-3-14(19)4-7-16/h3-8,13H,9-12H2,1-2H3. The second kappa shape index (κ2) is 8.01. The second-order valence-corrected chi connectivity index (χ2v) is 9.07. The van der Waals surface area contributed by atoms with Gasteiger partial charge in [0.1, 0.15) is 11.5 Å². The number of benzene rings is 2. The third kappa shape index (κ3) is 3.91. The zero-order valence-corrected chi connectivity index (χ0v) is 17.7. The Hall–Kier alpha value is -1.52. The Bertz CT molecular complexity index is 863. The molecular weight excluding hydrogens is 467 g/mol. The highest BCUT2D eigenvalue weighted by molar-refractivity contribution is 14.1. The van der Waals surface area contributed by atoms with E-state index in [1.165, 1.54) is 0 Å². The molecule has 0 unspecified atom stereocenters. The maximum absolute atomic E-state index is 12.8. The summed E-state index contributed by atoms with van der Waals surface area (Å²) in [4.78, 5) is 2.48. The summed E-state index contributed by atoms with van der Waals surface area (Å²) in [5.41, 5.74) is 0.944. The molecule has 0 atom stereocenters. The molecule has 1 fully saturated rings. The molecule has 8 heteroatoms. The van der Waals surface area contributed by atoms with E-state index in [1.807, 2.05) is 30.3 Å². The van der Waals surface area contributed by atoms with E-state index >= 15 is 0 Å². The molecule has 0 amide bonds. The second-order valence-electron chi connectivity index (χ2n) is 5.88. The number of ether oxygens (including phenoxy) is 2. The predicted molar refractivity (Wildman–Crippen MR) is 110 cm³/mol. The van der Waals surface area contributed by atoms with Crippen LogP contribution >= 0.6 is 22.6 Å². The summed E-state index contributed by atoms with van der Waals surface area (Å²) in [6.07, 6.45) is 0. The van der Waals surface area contributed by atoms with Crippen LogP contribution in [0, 0.1) is 3.57 Å². The molecule has 6 nitrogen and oxygen atoms in total. The van der Waals surface area contributed by atoms with Gasteiger partial charge >= 0.3 is 0 Å². The highest BCUT2D eigenvalue weighted by Gasteiger charge is 2.29. The van der Waals surface area contributed by atoms with E-state index in [0.717, 1.165) is 20.8 Å². The minimum atomic E-state index is -3.46. The van der Waals surface area contributed by atoms with Crippen LogP contribution in [0.1, 0.15) is 0 Å². The molecule has 0 bridgehead atoms. The molecule has 2 aromatic rings. The van der Waals surface area contributed by atoms with Crippen LogP contribution in [0.15, 0.2) is 47.4 Å². The Balaban J connectivity index is 1.74. The van der Waals surface area contributed by atoms with Crippen LogP contribution in [0.25, 0.3) is 0 Å². The van der Waals surface area contributed by atoms with Gasteiger partial charge in [0.2, 0.25) is 10.0 Å². The van der Waals surface area contributed by atoms with E-state index < -0.39 is 10.0 Å². The van der Waals surface area contributed by atoms with Crippen molar-refractivity contribution < 1.29 is 17.9 Å². The van der Waals surface area contributed by atoms with E-state index in [-0.39, 0.29) is 0 Å². The Morgan fingerprint density at radius 1 is 0.923 bits per heavy atom. The molecule has 0 spiro atoms. The minimum Gasteiger partial charge on any atom is -0.497 e. The Morgan fingerprint density at radius 2 is 1.58 bits per heavy atom. The average Bonchev–Trinajstić information content (AvgIpc) is 2.68. The van der Waals surface area contributed by atoms with Crippen LogP contribution in [-0.2, 0) is 10.0 Å². The van der Waals surface area contributed by atoms with Crippen LogP contribution in [0.5, 0.6) is 11.5 Å². The SMILES string of the molecule is COc1ccc(N2CCN(S(=O)(=O)c3ccc(I)cc3)CC2)c(OC)c1. The highest BCUT2D eigenvalue weighted by Crippen LogP contribution is 2.33. The molecule has 1 saturated heterocycles. The van der Waals surface area contributed by atoms with Crippen molar-refractivity contribution in [2.24, 2.45) is 0 Å². The zero-order valence-electron chi connectivity index (χ0n) is 14.7. The lowest BCUT2D eigenvalue weighted by Crippen LogP contribution is -2.48. The number of halogens is 1. The van der Waals surface area contributed by atoms with E-state index in [0.29, 0.717) is 31.1 Å². The highest BCUT2D eigenvalue weighted by atomic mass is 127. The molecule has 3 rings (SSSR count). The number of hydrogen-bond acceptors (Lipinski definition) is 5. The summed E-state index contributed by atoms with van der Waals surface area (Å²) in [5, 5.41) is 0. The fourth-order valence-corrected chi connectivity index (χ4v) is 4.75.